The van der Waals surface area contributed by atoms with Gasteiger partial charge in [-0.2, -0.15) is 0 Å². The molecule has 3 heterocycles. The Morgan fingerprint density at radius 3 is 2.79 bits per heavy atom. The van der Waals surface area contributed by atoms with E-state index in [1.807, 2.05) is 0 Å². The van der Waals surface area contributed by atoms with Gasteiger partial charge < -0.3 is 0 Å². The molecule has 128 valence electrons. The minimum absolute atomic E-state index is 0.121. The topological polar surface area (TPSA) is 53.4 Å². The fourth-order valence-corrected chi connectivity index (χ4v) is 4.55. The summed E-state index contributed by atoms with van der Waals surface area (Å²) in [6.45, 7) is 2.98. The molecule has 0 bridgehead atoms. The first kappa shape index (κ1) is 14.7. The fraction of sp³-hybridized carbons (Fsp3) is 0.684. The van der Waals surface area contributed by atoms with Crippen molar-refractivity contribution in [3.63, 3.8) is 0 Å². The predicted molar refractivity (Wildman–Crippen MR) is 93.3 cm³/mol. The van der Waals surface area contributed by atoms with E-state index in [4.69, 9.17) is 4.98 Å². The highest BCUT2D eigenvalue weighted by Crippen LogP contribution is 2.39. The molecule has 2 fully saturated rings. The maximum absolute atomic E-state index is 12.9. The Kier molecular flexibility index (Phi) is 3.51. The number of H-pyrrole nitrogens is 1. The van der Waals surface area contributed by atoms with Crippen LogP contribution < -0.4 is 5.56 Å². The highest BCUT2D eigenvalue weighted by molar-refractivity contribution is 5.43. The second-order valence-corrected chi connectivity index (χ2v) is 8.01. The van der Waals surface area contributed by atoms with E-state index in [9.17, 15) is 4.79 Å². The molecule has 2 aromatic rings. The quantitative estimate of drug-likeness (QED) is 0.943. The second kappa shape index (κ2) is 5.73. The normalized spacial score (nSPS) is 22.8. The molecule has 5 rings (SSSR count). The smallest absolute Gasteiger partial charge is 0.277 e. The number of nitrogens with zero attached hydrogens (tertiary/aromatic N) is 3. The number of hydrogen-bond donors (Lipinski definition) is 1. The van der Waals surface area contributed by atoms with Crippen LogP contribution in [0.2, 0.25) is 0 Å². The molecule has 0 radical (unpaired) electrons. The second-order valence-electron chi connectivity index (χ2n) is 8.01. The van der Waals surface area contributed by atoms with E-state index in [1.165, 1.54) is 50.6 Å². The predicted octanol–water partition coefficient (Wildman–Crippen LogP) is 2.84. The molecule has 0 saturated heterocycles. The number of aromatic amines is 1. The lowest BCUT2D eigenvalue weighted by atomic mass is 9.88. The van der Waals surface area contributed by atoms with Gasteiger partial charge in [-0.25, -0.2) is 9.50 Å². The SMILES string of the molecule is O=c1c2c(nc3cc(C4CC4)[nH]n13)CCN(CC1CCCCC1)C2. The van der Waals surface area contributed by atoms with Gasteiger partial charge in [0.25, 0.3) is 5.56 Å². The van der Waals surface area contributed by atoms with Crippen molar-refractivity contribution >= 4 is 5.65 Å². The van der Waals surface area contributed by atoms with Crippen LogP contribution >= 0.6 is 0 Å². The zero-order valence-electron chi connectivity index (χ0n) is 14.3. The molecule has 24 heavy (non-hydrogen) atoms. The van der Waals surface area contributed by atoms with Crippen molar-refractivity contribution in [3.05, 3.63) is 33.4 Å². The number of hydrogen-bond acceptors (Lipinski definition) is 3. The molecule has 1 N–H and O–H groups in total. The van der Waals surface area contributed by atoms with Crippen LogP contribution in [-0.4, -0.2) is 32.6 Å². The Labute approximate surface area is 142 Å². The van der Waals surface area contributed by atoms with Crippen molar-refractivity contribution in [3.8, 4) is 0 Å². The van der Waals surface area contributed by atoms with Gasteiger partial charge in [-0.15, -0.1) is 0 Å². The largest absolute Gasteiger partial charge is 0.298 e. The van der Waals surface area contributed by atoms with Gasteiger partial charge >= 0.3 is 0 Å². The average molecular weight is 326 g/mol. The summed E-state index contributed by atoms with van der Waals surface area (Å²) in [4.78, 5) is 20.2. The van der Waals surface area contributed by atoms with Crippen molar-refractivity contribution in [2.24, 2.45) is 5.92 Å². The summed E-state index contributed by atoms with van der Waals surface area (Å²) in [6.07, 6.45) is 10.3. The molecule has 1 aliphatic heterocycles. The van der Waals surface area contributed by atoms with Gasteiger partial charge in [-0.1, -0.05) is 19.3 Å². The van der Waals surface area contributed by atoms with Gasteiger partial charge in [0.2, 0.25) is 0 Å². The van der Waals surface area contributed by atoms with Crippen LogP contribution in [0.15, 0.2) is 10.9 Å². The standard InChI is InChI=1S/C19H26N4O/c24-19-15-12-22(11-13-4-2-1-3-5-13)9-8-16(15)20-18-10-17(14-6-7-14)21-23(18)19/h10,13-14,21H,1-9,11-12H2. The summed E-state index contributed by atoms with van der Waals surface area (Å²) < 4.78 is 1.68. The number of nitrogens with one attached hydrogen (secondary N) is 1. The zero-order chi connectivity index (χ0) is 16.1. The van der Waals surface area contributed by atoms with Crippen molar-refractivity contribution in [2.75, 3.05) is 13.1 Å². The minimum Gasteiger partial charge on any atom is -0.298 e. The van der Waals surface area contributed by atoms with Gasteiger partial charge in [-0.05, 0) is 31.6 Å². The zero-order valence-corrected chi connectivity index (χ0v) is 14.3. The summed E-state index contributed by atoms with van der Waals surface area (Å²) in [5.74, 6) is 1.44. The highest BCUT2D eigenvalue weighted by atomic mass is 16.1. The summed E-state index contributed by atoms with van der Waals surface area (Å²) >= 11 is 0. The summed E-state index contributed by atoms with van der Waals surface area (Å²) in [6, 6.07) is 2.08. The molecule has 0 spiro atoms. The van der Waals surface area contributed by atoms with Gasteiger partial charge in [-0.3, -0.25) is 14.8 Å². The number of fused-ring (bicyclic) bond motifs is 2. The summed E-state index contributed by atoms with van der Waals surface area (Å²) in [5, 5.41) is 3.30. The van der Waals surface area contributed by atoms with Crippen LogP contribution in [0.5, 0.6) is 0 Å². The Morgan fingerprint density at radius 2 is 2.00 bits per heavy atom. The lowest BCUT2D eigenvalue weighted by Gasteiger charge is -2.32. The maximum atomic E-state index is 12.9. The van der Waals surface area contributed by atoms with E-state index in [0.717, 1.165) is 48.9 Å². The molecule has 0 amide bonds. The minimum atomic E-state index is 0.121. The van der Waals surface area contributed by atoms with E-state index in [2.05, 4.69) is 16.1 Å². The third kappa shape index (κ3) is 2.59. The molecule has 2 saturated carbocycles. The first-order valence-electron chi connectivity index (χ1n) is 9.64. The molecule has 5 heteroatoms. The molecule has 3 aliphatic rings. The van der Waals surface area contributed by atoms with Crippen molar-refractivity contribution < 1.29 is 0 Å². The van der Waals surface area contributed by atoms with E-state index in [0.29, 0.717) is 5.92 Å². The third-order valence-corrected chi connectivity index (χ3v) is 6.12. The van der Waals surface area contributed by atoms with Crippen molar-refractivity contribution in [1.82, 2.24) is 19.5 Å². The Balaban J connectivity index is 1.42. The van der Waals surface area contributed by atoms with E-state index < -0.39 is 0 Å². The maximum Gasteiger partial charge on any atom is 0.277 e. The Bertz CT molecular complexity index is 811. The van der Waals surface area contributed by atoms with Gasteiger partial charge in [0, 0.05) is 43.7 Å². The molecule has 0 unspecified atom stereocenters. The molecule has 2 aromatic heterocycles. The fourth-order valence-electron chi connectivity index (χ4n) is 4.55. The van der Waals surface area contributed by atoms with Crippen molar-refractivity contribution in [1.29, 1.82) is 0 Å². The summed E-state index contributed by atoms with van der Waals surface area (Å²) in [5.41, 5.74) is 4.05. The van der Waals surface area contributed by atoms with Gasteiger partial charge in [0.1, 0.15) is 0 Å². The average Bonchev–Trinajstić information content (AvgIpc) is 3.37. The van der Waals surface area contributed by atoms with Crippen LogP contribution in [0.25, 0.3) is 5.65 Å². The van der Waals surface area contributed by atoms with Crippen molar-refractivity contribution in [2.45, 2.75) is 63.8 Å². The van der Waals surface area contributed by atoms with E-state index in [1.54, 1.807) is 4.52 Å². The highest BCUT2D eigenvalue weighted by Gasteiger charge is 2.28. The first-order chi connectivity index (χ1) is 11.8. The lowest BCUT2D eigenvalue weighted by Crippen LogP contribution is -2.39. The van der Waals surface area contributed by atoms with Gasteiger partial charge in [0.05, 0.1) is 11.3 Å². The Hall–Kier alpha value is -1.62. The van der Waals surface area contributed by atoms with E-state index in [-0.39, 0.29) is 5.56 Å². The van der Waals surface area contributed by atoms with E-state index >= 15 is 0 Å². The third-order valence-electron chi connectivity index (χ3n) is 6.12. The Morgan fingerprint density at radius 1 is 1.17 bits per heavy atom. The van der Waals surface area contributed by atoms with Gasteiger partial charge in [0.15, 0.2) is 5.65 Å². The van der Waals surface area contributed by atoms with Crippen LogP contribution in [-0.2, 0) is 13.0 Å². The molecular formula is C19H26N4O. The number of rotatable bonds is 3. The molecule has 5 nitrogen and oxygen atoms in total. The van der Waals surface area contributed by atoms with Crippen LogP contribution in [0.3, 0.4) is 0 Å². The number of aromatic nitrogens is 3. The monoisotopic (exact) mass is 326 g/mol. The molecule has 0 atom stereocenters. The molecule has 0 aromatic carbocycles. The van der Waals surface area contributed by atoms with Crippen LogP contribution in [0.4, 0.5) is 0 Å². The van der Waals surface area contributed by atoms with Crippen LogP contribution in [0.1, 0.15) is 67.8 Å². The summed E-state index contributed by atoms with van der Waals surface area (Å²) in [7, 11) is 0. The lowest BCUT2D eigenvalue weighted by molar-refractivity contribution is 0.185. The molecule has 2 aliphatic carbocycles. The molecular weight excluding hydrogens is 300 g/mol. The first-order valence-corrected chi connectivity index (χ1v) is 9.64. The van der Waals surface area contributed by atoms with Crippen LogP contribution in [0, 0.1) is 5.92 Å².